The summed E-state index contributed by atoms with van der Waals surface area (Å²) in [6.45, 7) is 1.35. The van der Waals surface area contributed by atoms with E-state index in [9.17, 15) is 9.18 Å². The molecule has 1 fully saturated rings. The zero-order valence-corrected chi connectivity index (χ0v) is 14.8. The average Bonchev–Trinajstić information content (AvgIpc) is 3.21. The van der Waals surface area contributed by atoms with E-state index in [0.29, 0.717) is 12.4 Å². The summed E-state index contributed by atoms with van der Waals surface area (Å²) in [6.07, 6.45) is 5.60. The number of hydrogen-bond donors (Lipinski definition) is 1. The molecule has 3 aromatic rings. The molecule has 0 spiro atoms. The number of carbonyl (C=O) groups excluding carboxylic acids is 1. The first kappa shape index (κ1) is 17.3. The van der Waals surface area contributed by atoms with Crippen molar-refractivity contribution in [2.45, 2.75) is 25.2 Å². The lowest BCUT2D eigenvalue weighted by Gasteiger charge is -2.31. The zero-order valence-electron chi connectivity index (χ0n) is 14.8. The van der Waals surface area contributed by atoms with Crippen LogP contribution >= 0.6 is 0 Å². The van der Waals surface area contributed by atoms with Crippen LogP contribution in [0.25, 0.3) is 11.4 Å². The van der Waals surface area contributed by atoms with E-state index in [4.69, 9.17) is 0 Å². The molecule has 1 aromatic carbocycles. The van der Waals surface area contributed by atoms with Gasteiger partial charge in [0.2, 0.25) is 5.91 Å². The molecule has 2 aromatic heterocycles. The molecule has 1 atom stereocenters. The highest BCUT2D eigenvalue weighted by molar-refractivity contribution is 5.79. The minimum atomic E-state index is -0.293. The number of aromatic amines is 1. The van der Waals surface area contributed by atoms with Crippen molar-refractivity contribution in [1.29, 1.82) is 0 Å². The van der Waals surface area contributed by atoms with E-state index in [1.807, 2.05) is 17.0 Å². The van der Waals surface area contributed by atoms with Gasteiger partial charge in [-0.3, -0.25) is 14.9 Å². The average molecular weight is 365 g/mol. The molecule has 138 valence electrons. The molecular formula is C20H20FN5O. The van der Waals surface area contributed by atoms with Crippen molar-refractivity contribution in [3.8, 4) is 11.4 Å². The van der Waals surface area contributed by atoms with Gasteiger partial charge in [0.05, 0.1) is 6.42 Å². The topological polar surface area (TPSA) is 74.8 Å². The zero-order chi connectivity index (χ0) is 18.6. The summed E-state index contributed by atoms with van der Waals surface area (Å²) in [5, 5.41) is 7.31. The van der Waals surface area contributed by atoms with Crippen LogP contribution in [0.3, 0.4) is 0 Å². The van der Waals surface area contributed by atoms with E-state index in [2.05, 4.69) is 20.2 Å². The van der Waals surface area contributed by atoms with Crippen molar-refractivity contribution >= 4 is 5.91 Å². The minimum absolute atomic E-state index is 0.0540. The number of piperidine rings is 1. The van der Waals surface area contributed by atoms with Crippen LogP contribution in [-0.4, -0.2) is 44.1 Å². The van der Waals surface area contributed by atoms with Crippen LogP contribution in [0, 0.1) is 5.82 Å². The fraction of sp³-hybridized carbons (Fsp3) is 0.300. The maximum atomic E-state index is 13.0. The predicted octanol–water partition coefficient (Wildman–Crippen LogP) is 2.95. The Morgan fingerprint density at radius 1 is 1.26 bits per heavy atom. The Bertz CT molecular complexity index is 910. The summed E-state index contributed by atoms with van der Waals surface area (Å²) in [6, 6.07) is 9.85. The Labute approximate surface area is 156 Å². The molecular weight excluding hydrogens is 345 g/mol. The van der Waals surface area contributed by atoms with Crippen molar-refractivity contribution in [3.05, 3.63) is 66.0 Å². The van der Waals surface area contributed by atoms with Gasteiger partial charge in [-0.1, -0.05) is 12.1 Å². The van der Waals surface area contributed by atoms with E-state index >= 15 is 0 Å². The van der Waals surface area contributed by atoms with Gasteiger partial charge in [-0.15, -0.1) is 0 Å². The van der Waals surface area contributed by atoms with Gasteiger partial charge in [0.25, 0.3) is 0 Å². The Hall–Kier alpha value is -3.09. The lowest BCUT2D eigenvalue weighted by atomic mass is 9.96. The van der Waals surface area contributed by atoms with E-state index in [1.165, 1.54) is 12.1 Å². The van der Waals surface area contributed by atoms with Crippen molar-refractivity contribution in [3.63, 3.8) is 0 Å². The molecule has 1 N–H and O–H groups in total. The molecule has 1 saturated heterocycles. The lowest BCUT2D eigenvalue weighted by Crippen LogP contribution is -2.40. The first-order chi connectivity index (χ1) is 13.2. The predicted molar refractivity (Wildman–Crippen MR) is 98.3 cm³/mol. The molecule has 0 bridgehead atoms. The molecule has 3 heterocycles. The summed E-state index contributed by atoms with van der Waals surface area (Å²) in [5.74, 6) is 1.31. The third-order valence-electron chi connectivity index (χ3n) is 4.85. The first-order valence-corrected chi connectivity index (χ1v) is 9.04. The number of amides is 1. The normalized spacial score (nSPS) is 17.1. The van der Waals surface area contributed by atoms with Gasteiger partial charge in [0, 0.05) is 37.0 Å². The highest BCUT2D eigenvalue weighted by atomic mass is 19.1. The number of rotatable bonds is 4. The monoisotopic (exact) mass is 365 g/mol. The molecule has 0 saturated carbocycles. The van der Waals surface area contributed by atoms with E-state index in [0.717, 1.165) is 36.3 Å². The number of nitrogens with zero attached hydrogens (tertiary/aromatic N) is 4. The number of likely N-dealkylation sites (tertiary alicyclic amines) is 1. The largest absolute Gasteiger partial charge is 0.342 e. The van der Waals surface area contributed by atoms with E-state index < -0.39 is 0 Å². The maximum Gasteiger partial charge on any atom is 0.227 e. The van der Waals surface area contributed by atoms with Crippen molar-refractivity contribution in [2.24, 2.45) is 0 Å². The summed E-state index contributed by atoms with van der Waals surface area (Å²) in [4.78, 5) is 23.2. The molecule has 0 aliphatic carbocycles. The molecule has 1 amide bonds. The third-order valence-corrected chi connectivity index (χ3v) is 4.85. The molecule has 6 nitrogen and oxygen atoms in total. The van der Waals surface area contributed by atoms with E-state index in [-0.39, 0.29) is 24.1 Å². The van der Waals surface area contributed by atoms with Crippen molar-refractivity contribution in [2.75, 3.05) is 13.1 Å². The Morgan fingerprint density at radius 3 is 2.89 bits per heavy atom. The van der Waals surface area contributed by atoms with Gasteiger partial charge in [0.15, 0.2) is 5.82 Å². The SMILES string of the molecule is O=C(Cc1ccc(F)cc1)N1CCCC(c2nc(-c3cccnc3)n[nH]2)C1. The van der Waals surface area contributed by atoms with Gasteiger partial charge in [-0.05, 0) is 42.7 Å². The van der Waals surface area contributed by atoms with Gasteiger partial charge < -0.3 is 4.90 Å². The molecule has 7 heteroatoms. The number of hydrogen-bond acceptors (Lipinski definition) is 4. The van der Waals surface area contributed by atoms with Crippen LogP contribution in [-0.2, 0) is 11.2 Å². The second-order valence-electron chi connectivity index (χ2n) is 6.77. The van der Waals surface area contributed by atoms with Gasteiger partial charge in [-0.2, -0.15) is 5.10 Å². The molecule has 1 aliphatic heterocycles. The van der Waals surface area contributed by atoms with Crippen LogP contribution in [0.4, 0.5) is 4.39 Å². The van der Waals surface area contributed by atoms with Gasteiger partial charge in [-0.25, -0.2) is 9.37 Å². The Kier molecular flexibility index (Phi) is 4.91. The standard InChI is InChI=1S/C20H20FN5O/c21-17-7-5-14(6-8-17)11-18(27)26-10-2-4-16(13-26)20-23-19(24-25-20)15-3-1-9-22-12-15/h1,3,5-9,12,16H,2,4,10-11,13H2,(H,23,24,25). The summed E-state index contributed by atoms with van der Waals surface area (Å²) < 4.78 is 13.0. The fourth-order valence-electron chi connectivity index (χ4n) is 3.40. The number of nitrogens with one attached hydrogen (secondary N) is 1. The molecule has 1 aliphatic rings. The highest BCUT2D eigenvalue weighted by Gasteiger charge is 2.27. The number of benzene rings is 1. The maximum absolute atomic E-state index is 13.0. The summed E-state index contributed by atoms with van der Waals surface area (Å²) in [5.41, 5.74) is 1.68. The fourth-order valence-corrected chi connectivity index (χ4v) is 3.40. The van der Waals surface area contributed by atoms with Crippen molar-refractivity contribution in [1.82, 2.24) is 25.1 Å². The first-order valence-electron chi connectivity index (χ1n) is 9.04. The highest BCUT2D eigenvalue weighted by Crippen LogP contribution is 2.26. The van der Waals surface area contributed by atoms with Crippen LogP contribution in [0.2, 0.25) is 0 Å². The smallest absolute Gasteiger partial charge is 0.227 e. The quantitative estimate of drug-likeness (QED) is 0.771. The molecule has 27 heavy (non-hydrogen) atoms. The van der Waals surface area contributed by atoms with Gasteiger partial charge >= 0.3 is 0 Å². The van der Waals surface area contributed by atoms with Crippen LogP contribution in [0.1, 0.15) is 30.1 Å². The van der Waals surface area contributed by atoms with Crippen molar-refractivity contribution < 1.29 is 9.18 Å². The Morgan fingerprint density at radius 2 is 2.11 bits per heavy atom. The molecule has 0 radical (unpaired) electrons. The summed E-state index contributed by atoms with van der Waals surface area (Å²) >= 11 is 0. The van der Waals surface area contributed by atoms with Crippen LogP contribution < -0.4 is 0 Å². The number of aromatic nitrogens is 4. The number of halogens is 1. The molecule has 1 unspecified atom stereocenters. The minimum Gasteiger partial charge on any atom is -0.342 e. The van der Waals surface area contributed by atoms with Crippen LogP contribution in [0.15, 0.2) is 48.8 Å². The second kappa shape index (κ2) is 7.65. The second-order valence-corrected chi connectivity index (χ2v) is 6.77. The van der Waals surface area contributed by atoms with Crippen LogP contribution in [0.5, 0.6) is 0 Å². The number of pyridine rings is 1. The number of H-pyrrole nitrogens is 1. The lowest BCUT2D eigenvalue weighted by molar-refractivity contribution is -0.131. The van der Waals surface area contributed by atoms with E-state index in [1.54, 1.807) is 24.5 Å². The van der Waals surface area contributed by atoms with Gasteiger partial charge in [0.1, 0.15) is 11.6 Å². The number of carbonyl (C=O) groups is 1. The molecule has 4 rings (SSSR count). The summed E-state index contributed by atoms with van der Waals surface area (Å²) in [7, 11) is 0. The Balaban J connectivity index is 1.43. The third kappa shape index (κ3) is 4.02.